The van der Waals surface area contributed by atoms with E-state index in [1.54, 1.807) is 30.3 Å². The molecule has 0 saturated carbocycles. The highest BCUT2D eigenvalue weighted by molar-refractivity contribution is 5.95. The molecule has 0 bridgehead atoms. The molecular formula is C20H23FN2O2. The number of carbonyl (C=O) groups is 1. The molecule has 4 nitrogen and oxygen atoms in total. The van der Waals surface area contributed by atoms with Crippen molar-refractivity contribution >= 4 is 5.91 Å². The van der Waals surface area contributed by atoms with Crippen LogP contribution in [0.1, 0.15) is 29.6 Å². The van der Waals surface area contributed by atoms with E-state index in [1.165, 1.54) is 12.1 Å². The van der Waals surface area contributed by atoms with E-state index in [-0.39, 0.29) is 18.3 Å². The van der Waals surface area contributed by atoms with Crippen LogP contribution in [-0.2, 0) is 0 Å². The Morgan fingerprint density at radius 1 is 1.12 bits per heavy atom. The van der Waals surface area contributed by atoms with Gasteiger partial charge in [0, 0.05) is 12.1 Å². The van der Waals surface area contributed by atoms with Gasteiger partial charge >= 0.3 is 0 Å². The summed E-state index contributed by atoms with van der Waals surface area (Å²) >= 11 is 0. The van der Waals surface area contributed by atoms with Crippen molar-refractivity contribution in [3.63, 3.8) is 0 Å². The first-order valence-electron chi connectivity index (χ1n) is 8.63. The van der Waals surface area contributed by atoms with E-state index in [9.17, 15) is 14.3 Å². The zero-order chi connectivity index (χ0) is 17.7. The van der Waals surface area contributed by atoms with Gasteiger partial charge in [0.1, 0.15) is 5.82 Å². The van der Waals surface area contributed by atoms with Gasteiger partial charge in [0.2, 0.25) is 0 Å². The van der Waals surface area contributed by atoms with Gasteiger partial charge in [-0.3, -0.25) is 4.79 Å². The fourth-order valence-electron chi connectivity index (χ4n) is 3.12. The van der Waals surface area contributed by atoms with Crippen LogP contribution in [0.2, 0.25) is 0 Å². The minimum absolute atomic E-state index is 0.213. The number of halogens is 1. The van der Waals surface area contributed by atoms with Crippen LogP contribution in [0.3, 0.4) is 0 Å². The minimum Gasteiger partial charge on any atom is -0.388 e. The van der Waals surface area contributed by atoms with Gasteiger partial charge < -0.3 is 15.7 Å². The molecule has 2 aromatic carbocycles. The van der Waals surface area contributed by atoms with Gasteiger partial charge in [0.05, 0.1) is 5.60 Å². The Morgan fingerprint density at radius 2 is 1.92 bits per heavy atom. The standard InChI is InChI=1S/C20H23FN2O2/c21-18-7-5-15(6-8-18)16-3-1-4-17(13-16)19(24)23-14-20(25)9-2-11-22-12-10-20/h1,3-8,13,22,25H,2,9-12,14H2,(H,23,24). The molecule has 0 aliphatic carbocycles. The SMILES string of the molecule is O=C(NCC1(O)CCCNCC1)c1cccc(-c2ccc(F)cc2)c1. The molecule has 0 aromatic heterocycles. The molecule has 25 heavy (non-hydrogen) atoms. The van der Waals surface area contributed by atoms with E-state index in [1.807, 2.05) is 6.07 Å². The first-order valence-corrected chi connectivity index (χ1v) is 8.63. The lowest BCUT2D eigenvalue weighted by molar-refractivity contribution is 0.0276. The molecule has 1 saturated heterocycles. The Kier molecular flexibility index (Phi) is 5.46. The molecule has 132 valence electrons. The minimum atomic E-state index is -0.853. The molecule has 1 aliphatic heterocycles. The van der Waals surface area contributed by atoms with Gasteiger partial charge in [-0.1, -0.05) is 24.3 Å². The first kappa shape index (κ1) is 17.6. The summed E-state index contributed by atoms with van der Waals surface area (Å²) in [6.07, 6.45) is 2.20. The molecule has 1 unspecified atom stereocenters. The van der Waals surface area contributed by atoms with E-state index >= 15 is 0 Å². The topological polar surface area (TPSA) is 61.4 Å². The molecule has 5 heteroatoms. The van der Waals surface area contributed by atoms with Crippen LogP contribution in [0.25, 0.3) is 11.1 Å². The van der Waals surface area contributed by atoms with Crippen LogP contribution < -0.4 is 10.6 Å². The second-order valence-corrected chi connectivity index (χ2v) is 6.60. The molecule has 3 N–H and O–H groups in total. The van der Waals surface area contributed by atoms with E-state index < -0.39 is 5.60 Å². The third-order valence-electron chi connectivity index (χ3n) is 4.64. The second-order valence-electron chi connectivity index (χ2n) is 6.60. The fourth-order valence-corrected chi connectivity index (χ4v) is 3.12. The van der Waals surface area contributed by atoms with Crippen LogP contribution in [-0.4, -0.2) is 36.2 Å². The summed E-state index contributed by atoms with van der Waals surface area (Å²) in [5.74, 6) is -0.502. The quantitative estimate of drug-likeness (QED) is 0.801. The van der Waals surface area contributed by atoms with Crippen LogP contribution >= 0.6 is 0 Å². The molecule has 1 heterocycles. The summed E-state index contributed by atoms with van der Waals surface area (Å²) in [5.41, 5.74) is 1.38. The molecule has 2 aromatic rings. The van der Waals surface area contributed by atoms with Gasteiger partial charge in [-0.2, -0.15) is 0 Å². The summed E-state index contributed by atoms with van der Waals surface area (Å²) < 4.78 is 13.1. The van der Waals surface area contributed by atoms with Crippen LogP contribution in [0.4, 0.5) is 4.39 Å². The van der Waals surface area contributed by atoms with Gasteiger partial charge in [-0.25, -0.2) is 4.39 Å². The predicted octanol–water partition coefficient (Wildman–Crippen LogP) is 2.73. The van der Waals surface area contributed by atoms with E-state index in [2.05, 4.69) is 10.6 Å². The van der Waals surface area contributed by atoms with Gasteiger partial charge in [-0.15, -0.1) is 0 Å². The van der Waals surface area contributed by atoms with Crippen molar-refractivity contribution in [2.45, 2.75) is 24.9 Å². The number of amides is 1. The smallest absolute Gasteiger partial charge is 0.251 e. The summed E-state index contributed by atoms with van der Waals surface area (Å²) in [5, 5.41) is 16.7. The van der Waals surface area contributed by atoms with Crippen molar-refractivity contribution in [1.82, 2.24) is 10.6 Å². The molecule has 1 fully saturated rings. The lowest BCUT2D eigenvalue weighted by atomic mass is 9.94. The Morgan fingerprint density at radius 3 is 2.72 bits per heavy atom. The Bertz CT molecular complexity index is 723. The van der Waals surface area contributed by atoms with Crippen molar-refractivity contribution in [3.05, 3.63) is 59.9 Å². The average Bonchev–Trinajstić information content (AvgIpc) is 2.85. The van der Waals surface area contributed by atoms with E-state index in [0.29, 0.717) is 18.4 Å². The zero-order valence-electron chi connectivity index (χ0n) is 14.1. The second kappa shape index (κ2) is 7.76. The largest absolute Gasteiger partial charge is 0.388 e. The van der Waals surface area contributed by atoms with Gasteiger partial charge in [0.15, 0.2) is 0 Å². The average molecular weight is 342 g/mol. The maximum atomic E-state index is 13.1. The van der Waals surface area contributed by atoms with E-state index in [0.717, 1.165) is 30.6 Å². The number of carbonyl (C=O) groups excluding carboxylic acids is 1. The maximum absolute atomic E-state index is 13.1. The van der Waals surface area contributed by atoms with Gasteiger partial charge in [-0.05, 0) is 67.7 Å². The molecule has 1 aliphatic rings. The number of nitrogens with one attached hydrogen (secondary N) is 2. The normalized spacial score (nSPS) is 20.7. The van der Waals surface area contributed by atoms with Gasteiger partial charge in [0.25, 0.3) is 5.91 Å². The molecular weight excluding hydrogens is 319 g/mol. The van der Waals surface area contributed by atoms with Crippen molar-refractivity contribution in [3.8, 4) is 11.1 Å². The molecule has 1 amide bonds. The number of hydrogen-bond donors (Lipinski definition) is 3. The molecule has 1 atom stereocenters. The highest BCUT2D eigenvalue weighted by Gasteiger charge is 2.28. The Balaban J connectivity index is 1.68. The highest BCUT2D eigenvalue weighted by Crippen LogP contribution is 2.22. The first-order chi connectivity index (χ1) is 12.1. The summed E-state index contributed by atoms with van der Waals surface area (Å²) in [7, 11) is 0. The molecule has 0 spiro atoms. The summed E-state index contributed by atoms with van der Waals surface area (Å²) in [4.78, 5) is 12.5. The number of aliphatic hydroxyl groups is 1. The number of rotatable bonds is 4. The van der Waals surface area contributed by atoms with Crippen LogP contribution in [0.5, 0.6) is 0 Å². The summed E-state index contributed by atoms with van der Waals surface area (Å²) in [6, 6.07) is 13.4. The lowest BCUT2D eigenvalue weighted by Crippen LogP contribution is -2.43. The number of benzene rings is 2. The summed E-state index contributed by atoms with van der Waals surface area (Å²) in [6.45, 7) is 1.90. The third-order valence-corrected chi connectivity index (χ3v) is 4.64. The van der Waals surface area contributed by atoms with Crippen molar-refractivity contribution < 1.29 is 14.3 Å². The van der Waals surface area contributed by atoms with Crippen LogP contribution in [0.15, 0.2) is 48.5 Å². The Labute approximate surface area is 147 Å². The van der Waals surface area contributed by atoms with Crippen molar-refractivity contribution in [1.29, 1.82) is 0 Å². The van der Waals surface area contributed by atoms with Crippen LogP contribution in [0, 0.1) is 5.82 Å². The fraction of sp³-hybridized carbons (Fsp3) is 0.350. The van der Waals surface area contributed by atoms with E-state index in [4.69, 9.17) is 0 Å². The monoisotopic (exact) mass is 342 g/mol. The van der Waals surface area contributed by atoms with Crippen molar-refractivity contribution in [2.24, 2.45) is 0 Å². The lowest BCUT2D eigenvalue weighted by Gasteiger charge is -2.26. The highest BCUT2D eigenvalue weighted by atomic mass is 19.1. The zero-order valence-corrected chi connectivity index (χ0v) is 14.1. The predicted molar refractivity (Wildman–Crippen MR) is 95.8 cm³/mol. The number of hydrogen-bond acceptors (Lipinski definition) is 3. The molecule has 3 rings (SSSR count). The maximum Gasteiger partial charge on any atom is 0.251 e. The molecule has 0 radical (unpaired) electrons. The van der Waals surface area contributed by atoms with Crippen molar-refractivity contribution in [2.75, 3.05) is 19.6 Å². The third kappa shape index (κ3) is 4.65. The Hall–Kier alpha value is -2.24.